The van der Waals surface area contributed by atoms with E-state index < -0.39 is 0 Å². The molecular formula is C28H43FN2S. The standard InChI is InChI=1S/C7H7F.2C6H7N.C5H6S.4CH4/c1-6-2-4-7(8)5-3-6;1-6-2-4-7-5-3-6;1-6-3-2-4-7-5-6;1-5-3-2-4-6-5;;;;/h2-5H,1H3;2*2-5H,1H3;2-4H,1H3;4*1H4. The highest BCUT2D eigenvalue weighted by atomic mass is 32.1. The quantitative estimate of drug-likeness (QED) is 0.262. The van der Waals surface area contributed by atoms with Gasteiger partial charge in [0.2, 0.25) is 0 Å². The minimum absolute atomic E-state index is 0. The number of hydrogen-bond acceptors (Lipinski definition) is 3. The van der Waals surface area contributed by atoms with Gasteiger partial charge in [-0.1, -0.05) is 59.5 Å². The third-order valence-electron chi connectivity index (χ3n) is 3.33. The molecule has 0 saturated carbocycles. The van der Waals surface area contributed by atoms with Gasteiger partial charge < -0.3 is 0 Å². The van der Waals surface area contributed by atoms with E-state index in [0.29, 0.717) is 0 Å². The van der Waals surface area contributed by atoms with Gasteiger partial charge in [0.1, 0.15) is 5.82 Å². The number of halogens is 1. The number of hydrogen-bond donors (Lipinski definition) is 0. The van der Waals surface area contributed by atoms with E-state index in [9.17, 15) is 4.39 Å². The van der Waals surface area contributed by atoms with Crippen LogP contribution in [0.1, 0.15) is 51.3 Å². The average molecular weight is 459 g/mol. The van der Waals surface area contributed by atoms with Crippen molar-refractivity contribution >= 4 is 11.3 Å². The summed E-state index contributed by atoms with van der Waals surface area (Å²) in [5.41, 5.74) is 3.56. The smallest absolute Gasteiger partial charge is 0.123 e. The first-order valence-electron chi connectivity index (χ1n) is 8.93. The Morgan fingerprint density at radius 1 is 0.594 bits per heavy atom. The molecule has 0 saturated heterocycles. The van der Waals surface area contributed by atoms with Crippen molar-refractivity contribution < 1.29 is 4.39 Å². The zero-order chi connectivity index (χ0) is 20.6. The van der Waals surface area contributed by atoms with Crippen LogP contribution in [0.15, 0.2) is 90.8 Å². The van der Waals surface area contributed by atoms with E-state index in [1.54, 1.807) is 42.1 Å². The molecule has 0 amide bonds. The van der Waals surface area contributed by atoms with Crippen molar-refractivity contribution in [3.8, 4) is 0 Å². The van der Waals surface area contributed by atoms with Crippen LogP contribution in [0.4, 0.5) is 4.39 Å². The normalized spacial score (nSPS) is 7.78. The molecule has 4 heteroatoms. The van der Waals surface area contributed by atoms with E-state index >= 15 is 0 Å². The molecule has 32 heavy (non-hydrogen) atoms. The van der Waals surface area contributed by atoms with Gasteiger partial charge in [-0.15, -0.1) is 11.3 Å². The maximum Gasteiger partial charge on any atom is 0.123 e. The second kappa shape index (κ2) is 22.8. The van der Waals surface area contributed by atoms with Crippen LogP contribution in [0.2, 0.25) is 0 Å². The summed E-state index contributed by atoms with van der Waals surface area (Å²) in [6.07, 6.45) is 7.18. The number of thiophene rings is 1. The van der Waals surface area contributed by atoms with Gasteiger partial charge in [-0.05, 0) is 80.6 Å². The largest absolute Gasteiger partial charge is 0.265 e. The molecule has 0 aliphatic heterocycles. The first-order chi connectivity index (χ1) is 13.5. The zero-order valence-electron chi connectivity index (χ0n) is 16.8. The van der Waals surface area contributed by atoms with Crippen LogP contribution in [0.25, 0.3) is 0 Å². The van der Waals surface area contributed by atoms with Gasteiger partial charge in [0.25, 0.3) is 0 Å². The van der Waals surface area contributed by atoms with Crippen molar-refractivity contribution in [2.75, 3.05) is 0 Å². The van der Waals surface area contributed by atoms with Crippen molar-refractivity contribution in [1.29, 1.82) is 0 Å². The highest BCUT2D eigenvalue weighted by Crippen LogP contribution is 2.03. The molecule has 0 radical (unpaired) electrons. The molecule has 0 aliphatic rings. The van der Waals surface area contributed by atoms with Gasteiger partial charge in [0.05, 0.1) is 0 Å². The molecule has 0 N–H and O–H groups in total. The van der Waals surface area contributed by atoms with Gasteiger partial charge in [-0.3, -0.25) is 9.97 Å². The first-order valence-corrected chi connectivity index (χ1v) is 9.81. The zero-order valence-corrected chi connectivity index (χ0v) is 17.7. The number of aryl methyl sites for hydroxylation is 4. The molecule has 0 fully saturated rings. The number of rotatable bonds is 0. The van der Waals surface area contributed by atoms with Gasteiger partial charge >= 0.3 is 0 Å². The summed E-state index contributed by atoms with van der Waals surface area (Å²) in [5, 5.41) is 2.08. The summed E-state index contributed by atoms with van der Waals surface area (Å²) in [6.45, 7) is 8.10. The molecule has 0 aliphatic carbocycles. The van der Waals surface area contributed by atoms with Crippen molar-refractivity contribution in [2.45, 2.75) is 57.4 Å². The predicted octanol–water partition coefficient (Wildman–Crippen LogP) is 9.52. The summed E-state index contributed by atoms with van der Waals surface area (Å²) < 4.78 is 12.1. The Morgan fingerprint density at radius 3 is 1.41 bits per heavy atom. The molecule has 4 aromatic rings. The summed E-state index contributed by atoms with van der Waals surface area (Å²) in [7, 11) is 0. The highest BCUT2D eigenvalue weighted by Gasteiger charge is 1.83. The number of pyridine rings is 2. The molecule has 0 unspecified atom stereocenters. The van der Waals surface area contributed by atoms with Gasteiger partial charge in [-0.2, -0.15) is 0 Å². The van der Waals surface area contributed by atoms with Crippen LogP contribution in [0, 0.1) is 33.5 Å². The summed E-state index contributed by atoms with van der Waals surface area (Å²) in [6, 6.07) is 18.4. The van der Waals surface area contributed by atoms with Crippen LogP contribution in [0.3, 0.4) is 0 Å². The molecule has 4 rings (SSSR count). The second-order valence-corrected chi connectivity index (χ2v) is 7.23. The van der Waals surface area contributed by atoms with E-state index in [2.05, 4.69) is 34.4 Å². The lowest BCUT2D eigenvalue weighted by Gasteiger charge is -1.87. The fourth-order valence-corrected chi connectivity index (χ4v) is 2.30. The van der Waals surface area contributed by atoms with Crippen LogP contribution in [-0.4, -0.2) is 9.97 Å². The van der Waals surface area contributed by atoms with Gasteiger partial charge in [-0.25, -0.2) is 4.39 Å². The molecule has 2 nitrogen and oxygen atoms in total. The van der Waals surface area contributed by atoms with Crippen molar-refractivity contribution in [2.24, 2.45) is 0 Å². The van der Waals surface area contributed by atoms with E-state index in [-0.39, 0.29) is 35.5 Å². The Bertz CT molecular complexity index is 789. The van der Waals surface area contributed by atoms with Crippen LogP contribution < -0.4 is 0 Å². The lowest BCUT2D eigenvalue weighted by atomic mass is 10.2. The second-order valence-electron chi connectivity index (χ2n) is 6.07. The Morgan fingerprint density at radius 2 is 1.16 bits per heavy atom. The van der Waals surface area contributed by atoms with E-state index in [1.165, 1.54) is 28.1 Å². The first kappa shape index (κ1) is 36.5. The third kappa shape index (κ3) is 20.4. The molecular weight excluding hydrogens is 415 g/mol. The molecule has 0 bridgehead atoms. The number of nitrogens with zero attached hydrogens (tertiary/aromatic N) is 2. The summed E-state index contributed by atoms with van der Waals surface area (Å²) >= 11 is 1.78. The maximum absolute atomic E-state index is 12.1. The third-order valence-corrected chi connectivity index (χ3v) is 4.13. The van der Waals surface area contributed by atoms with Crippen LogP contribution in [0.5, 0.6) is 0 Å². The Kier molecular flexibility index (Phi) is 26.1. The van der Waals surface area contributed by atoms with Crippen LogP contribution >= 0.6 is 11.3 Å². The Labute approximate surface area is 201 Å². The highest BCUT2D eigenvalue weighted by molar-refractivity contribution is 7.09. The molecule has 0 spiro atoms. The van der Waals surface area contributed by atoms with E-state index in [1.807, 2.05) is 51.2 Å². The van der Waals surface area contributed by atoms with E-state index in [4.69, 9.17) is 0 Å². The van der Waals surface area contributed by atoms with E-state index in [0.717, 1.165) is 5.56 Å². The fraction of sp³-hybridized carbons (Fsp3) is 0.286. The Hall–Kier alpha value is -2.85. The van der Waals surface area contributed by atoms with Crippen LogP contribution in [-0.2, 0) is 0 Å². The average Bonchev–Trinajstić information content (AvgIpc) is 3.18. The maximum atomic E-state index is 12.1. The fourth-order valence-electron chi connectivity index (χ4n) is 1.77. The molecule has 178 valence electrons. The molecule has 1 aromatic carbocycles. The number of aromatic nitrogens is 2. The molecule has 3 aromatic heterocycles. The van der Waals surface area contributed by atoms with Gasteiger partial charge in [0.15, 0.2) is 0 Å². The summed E-state index contributed by atoms with van der Waals surface area (Å²) in [5.74, 6) is -0.171. The monoisotopic (exact) mass is 458 g/mol. The predicted molar refractivity (Wildman–Crippen MR) is 145 cm³/mol. The minimum atomic E-state index is -0.171. The van der Waals surface area contributed by atoms with Crippen molar-refractivity contribution in [1.82, 2.24) is 9.97 Å². The topological polar surface area (TPSA) is 25.8 Å². The lowest BCUT2D eigenvalue weighted by Crippen LogP contribution is -1.71. The summed E-state index contributed by atoms with van der Waals surface area (Å²) in [4.78, 5) is 9.11. The Balaban J connectivity index is -0.000000157. The number of benzene rings is 1. The SMILES string of the molecule is C.C.C.C.Cc1ccc(F)cc1.Cc1cccnc1.Cc1cccs1.Cc1ccncc1. The minimum Gasteiger partial charge on any atom is -0.265 e. The van der Waals surface area contributed by atoms with Gasteiger partial charge in [0, 0.05) is 29.7 Å². The lowest BCUT2D eigenvalue weighted by molar-refractivity contribution is 0.627. The van der Waals surface area contributed by atoms with Crippen molar-refractivity contribution in [3.05, 3.63) is 118 Å². The van der Waals surface area contributed by atoms with Crippen molar-refractivity contribution in [3.63, 3.8) is 0 Å². The molecule has 3 heterocycles. The molecule has 0 atom stereocenters.